The molecule has 3 heterocycles. The molecule has 1 fully saturated rings. The van der Waals surface area contributed by atoms with E-state index < -0.39 is 11.6 Å². The largest absolute Gasteiger partial charge is 0.340 e. The first-order valence-electron chi connectivity index (χ1n) is 14.0. The summed E-state index contributed by atoms with van der Waals surface area (Å²) in [6.45, 7) is 5.77. The van der Waals surface area contributed by atoms with Crippen molar-refractivity contribution >= 4 is 51.2 Å². The molecule has 1 aliphatic carbocycles. The van der Waals surface area contributed by atoms with Crippen LogP contribution in [0.3, 0.4) is 0 Å². The predicted molar refractivity (Wildman–Crippen MR) is 169 cm³/mol. The molecule has 220 valence electrons. The van der Waals surface area contributed by atoms with Crippen LogP contribution < -0.4 is 15.5 Å². The zero-order valence-electron chi connectivity index (χ0n) is 24.0. The van der Waals surface area contributed by atoms with Crippen LogP contribution in [0.25, 0.3) is 11.1 Å². The molecule has 1 saturated heterocycles. The molecule has 43 heavy (non-hydrogen) atoms. The minimum Gasteiger partial charge on any atom is -0.340 e. The van der Waals surface area contributed by atoms with E-state index in [0.29, 0.717) is 52.8 Å². The van der Waals surface area contributed by atoms with Crippen LogP contribution in [-0.4, -0.2) is 58.2 Å². The maximum Gasteiger partial charge on any atom is 0.227 e. The molecule has 0 amide bonds. The number of benzene rings is 2. The van der Waals surface area contributed by atoms with E-state index in [0.717, 1.165) is 30.0 Å². The number of nitrogens with zero attached hydrogens (tertiary/aromatic N) is 5. The number of hydrogen-bond acceptors (Lipinski definition) is 6. The Labute approximate surface area is 254 Å². The van der Waals surface area contributed by atoms with Crippen molar-refractivity contribution in [3.8, 4) is 0 Å². The van der Waals surface area contributed by atoms with Crippen LogP contribution in [-0.2, 0) is 6.42 Å². The highest BCUT2D eigenvalue weighted by molar-refractivity contribution is 6.69. The monoisotopic (exact) mass is 600 g/mol. The molecule has 3 aliphatic rings. The van der Waals surface area contributed by atoms with Gasteiger partial charge in [-0.2, -0.15) is 0 Å². The van der Waals surface area contributed by atoms with Gasteiger partial charge in [0.1, 0.15) is 16.8 Å². The smallest absolute Gasteiger partial charge is 0.227 e. The van der Waals surface area contributed by atoms with Gasteiger partial charge in [0.2, 0.25) is 5.95 Å². The van der Waals surface area contributed by atoms with Gasteiger partial charge in [0.25, 0.3) is 0 Å². The molecule has 6 rings (SSSR count). The van der Waals surface area contributed by atoms with Gasteiger partial charge in [-0.15, -0.1) is 0 Å². The van der Waals surface area contributed by atoms with E-state index in [2.05, 4.69) is 39.4 Å². The second-order valence-corrected chi connectivity index (χ2v) is 11.4. The van der Waals surface area contributed by atoms with Crippen molar-refractivity contribution in [1.82, 2.24) is 20.2 Å². The van der Waals surface area contributed by atoms with Crippen molar-refractivity contribution in [2.45, 2.75) is 32.4 Å². The Balaban J connectivity index is 1.27. The lowest BCUT2D eigenvalue weighted by Gasteiger charge is -2.40. The Morgan fingerprint density at radius 3 is 2.53 bits per heavy atom. The van der Waals surface area contributed by atoms with E-state index in [1.165, 1.54) is 24.3 Å². The number of fused-ring (bicyclic) bond motifs is 3. The topological polar surface area (TPSA) is 92.5 Å². The number of rotatable bonds is 4. The highest BCUT2D eigenvalue weighted by Crippen LogP contribution is 2.41. The summed E-state index contributed by atoms with van der Waals surface area (Å²) in [5.41, 5.74) is 4.37. The van der Waals surface area contributed by atoms with Gasteiger partial charge in [0.15, 0.2) is 5.96 Å². The molecule has 2 aromatic carbocycles. The van der Waals surface area contributed by atoms with Gasteiger partial charge in [-0.3, -0.25) is 5.41 Å². The van der Waals surface area contributed by atoms with Gasteiger partial charge in [-0.05, 0) is 67.8 Å². The lowest BCUT2D eigenvalue weighted by atomic mass is 9.84. The number of aromatic nitrogens is 2. The van der Waals surface area contributed by atoms with E-state index in [4.69, 9.17) is 22.0 Å². The number of anilines is 3. The summed E-state index contributed by atoms with van der Waals surface area (Å²) in [5, 5.41) is 15.7. The van der Waals surface area contributed by atoms with E-state index >= 15 is 0 Å². The number of piperazine rings is 1. The van der Waals surface area contributed by atoms with Gasteiger partial charge in [0.05, 0.1) is 11.3 Å². The van der Waals surface area contributed by atoms with Gasteiger partial charge < -0.3 is 20.4 Å². The summed E-state index contributed by atoms with van der Waals surface area (Å²) in [6.07, 6.45) is 7.15. The van der Waals surface area contributed by atoms with Crippen LogP contribution in [0.5, 0.6) is 0 Å². The Kier molecular flexibility index (Phi) is 7.81. The molecule has 11 heteroatoms. The number of allylic oxidation sites excluding steroid dienone is 5. The molecule has 1 aromatic heterocycles. The third-order valence-electron chi connectivity index (χ3n) is 7.70. The van der Waals surface area contributed by atoms with E-state index in [9.17, 15) is 8.78 Å². The zero-order chi connectivity index (χ0) is 30.2. The van der Waals surface area contributed by atoms with Crippen molar-refractivity contribution in [2.75, 3.05) is 30.4 Å². The minimum atomic E-state index is -0.687. The van der Waals surface area contributed by atoms with Crippen molar-refractivity contribution in [1.29, 1.82) is 5.41 Å². The highest BCUT2D eigenvalue weighted by Gasteiger charge is 2.28. The summed E-state index contributed by atoms with van der Waals surface area (Å²) in [6, 6.07) is 12.1. The molecule has 0 bridgehead atoms. The SMILES string of the molecule is CC1CN(C(=N)N(C)c2cccc(Nc3ncc4c(n3)C3=CN=C(Cl)C=C(c5c(F)cccc5F)C3=CC4)c2)CC(C)N1. The molecule has 0 saturated carbocycles. The molecule has 0 spiro atoms. The van der Waals surface area contributed by atoms with Crippen LogP contribution in [0.2, 0.25) is 0 Å². The molecule has 2 aliphatic heterocycles. The molecule has 2 unspecified atom stereocenters. The maximum absolute atomic E-state index is 14.9. The van der Waals surface area contributed by atoms with Crippen LogP contribution in [0, 0.1) is 17.0 Å². The van der Waals surface area contributed by atoms with Crippen LogP contribution in [0.4, 0.5) is 26.1 Å². The molecule has 2 atom stereocenters. The van der Waals surface area contributed by atoms with Crippen molar-refractivity contribution in [3.63, 3.8) is 0 Å². The van der Waals surface area contributed by atoms with Crippen molar-refractivity contribution in [3.05, 3.63) is 101 Å². The Morgan fingerprint density at radius 1 is 1.07 bits per heavy atom. The van der Waals surface area contributed by atoms with E-state index in [-0.39, 0.29) is 10.7 Å². The first kappa shape index (κ1) is 28.7. The second-order valence-electron chi connectivity index (χ2n) is 11.0. The lowest BCUT2D eigenvalue weighted by molar-refractivity contribution is 0.251. The summed E-state index contributed by atoms with van der Waals surface area (Å²) < 4.78 is 29.7. The normalized spacial score (nSPS) is 19.6. The summed E-state index contributed by atoms with van der Waals surface area (Å²) in [7, 11) is 1.88. The Bertz CT molecular complexity index is 1700. The van der Waals surface area contributed by atoms with Crippen LogP contribution in [0.1, 0.15) is 30.7 Å². The third kappa shape index (κ3) is 5.80. The van der Waals surface area contributed by atoms with E-state index in [1.54, 1.807) is 12.4 Å². The lowest BCUT2D eigenvalue weighted by Crippen LogP contribution is -2.58. The predicted octanol–water partition coefficient (Wildman–Crippen LogP) is 6.11. The Morgan fingerprint density at radius 2 is 1.79 bits per heavy atom. The van der Waals surface area contributed by atoms with Gasteiger partial charge in [-0.25, -0.2) is 23.7 Å². The fraction of sp³-hybridized carbons (Fsp3) is 0.250. The quantitative estimate of drug-likeness (QED) is 0.247. The van der Waals surface area contributed by atoms with Crippen LogP contribution in [0.15, 0.2) is 77.6 Å². The first-order chi connectivity index (χ1) is 20.7. The zero-order valence-corrected chi connectivity index (χ0v) is 24.8. The maximum atomic E-state index is 14.9. The number of halogens is 3. The average molecular weight is 601 g/mol. The van der Waals surface area contributed by atoms with Crippen molar-refractivity contribution in [2.24, 2.45) is 4.99 Å². The van der Waals surface area contributed by atoms with Gasteiger partial charge >= 0.3 is 0 Å². The Hall–Kier alpha value is -4.41. The highest BCUT2D eigenvalue weighted by atomic mass is 35.5. The van der Waals surface area contributed by atoms with Crippen LogP contribution >= 0.6 is 11.6 Å². The molecular weight excluding hydrogens is 570 g/mol. The first-order valence-corrected chi connectivity index (χ1v) is 14.4. The molecule has 3 N–H and O–H groups in total. The van der Waals surface area contributed by atoms with Gasteiger partial charge in [0, 0.05) is 67.1 Å². The third-order valence-corrected chi connectivity index (χ3v) is 7.91. The number of aliphatic imine (C=N–C) groups is 1. The summed E-state index contributed by atoms with van der Waals surface area (Å²) in [5.74, 6) is -0.598. The number of guanidine groups is 1. The second kappa shape index (κ2) is 11.7. The average Bonchev–Trinajstić information content (AvgIpc) is 3.14. The standard InChI is InChI=1S/C32H31ClF2N8/c1-18-16-43(17-19(2)39-18)31(36)42(3)22-7-4-6-21(12-22)40-32-38-14-20-10-11-23-24(29-26(34)8-5-9-27(29)35)13-28(33)37-15-25(23)30(20)41-32/h4-9,11-15,18-19,36,39H,10,16-17H2,1-3H3,(H,38,40,41). The summed E-state index contributed by atoms with van der Waals surface area (Å²) in [4.78, 5) is 17.6. The molecule has 0 radical (unpaired) electrons. The van der Waals surface area contributed by atoms with E-state index in [1.807, 2.05) is 42.3 Å². The number of hydrogen-bond donors (Lipinski definition) is 3. The molecule has 8 nitrogen and oxygen atoms in total. The fourth-order valence-electron chi connectivity index (χ4n) is 5.76. The number of nitrogens with one attached hydrogen (secondary N) is 3. The fourth-order valence-corrected chi connectivity index (χ4v) is 5.92. The van der Waals surface area contributed by atoms with Gasteiger partial charge in [-0.1, -0.05) is 29.8 Å². The molecule has 3 aromatic rings. The summed E-state index contributed by atoms with van der Waals surface area (Å²) >= 11 is 6.31. The van der Waals surface area contributed by atoms with Crippen molar-refractivity contribution < 1.29 is 8.78 Å². The molecular formula is C32H31ClF2N8. The minimum absolute atomic E-state index is 0.102.